The number of carbonyl (C=O) groups is 2. The van der Waals surface area contributed by atoms with Gasteiger partial charge in [-0.05, 0) is 56.2 Å². The number of ether oxygens (including phenoxy) is 1. The lowest BCUT2D eigenvalue weighted by atomic mass is 10.2. The lowest BCUT2D eigenvalue weighted by Crippen LogP contribution is -2.54. The lowest BCUT2D eigenvalue weighted by molar-refractivity contribution is -0.135. The topological polar surface area (TPSA) is 61.9 Å². The number of rotatable bonds is 6. The van der Waals surface area contributed by atoms with Crippen molar-refractivity contribution in [1.82, 2.24) is 9.80 Å². The molecule has 0 aromatic heterocycles. The number of carbonyl (C=O) groups excluding carboxylic acids is 2. The van der Waals surface area contributed by atoms with Crippen LogP contribution in [0.25, 0.3) is 0 Å². The molecule has 1 aliphatic heterocycles. The summed E-state index contributed by atoms with van der Waals surface area (Å²) in [7, 11) is 0. The van der Waals surface area contributed by atoms with Crippen molar-refractivity contribution in [2.24, 2.45) is 5.92 Å². The number of hydrogen-bond acceptors (Lipinski definition) is 4. The van der Waals surface area contributed by atoms with E-state index in [4.69, 9.17) is 4.74 Å². The van der Waals surface area contributed by atoms with E-state index in [9.17, 15) is 9.59 Å². The maximum Gasteiger partial charge on any atom is 0.241 e. The summed E-state index contributed by atoms with van der Waals surface area (Å²) < 4.78 is 5.78. The van der Waals surface area contributed by atoms with E-state index in [0.717, 1.165) is 43.1 Å². The molecule has 1 aliphatic carbocycles. The highest BCUT2D eigenvalue weighted by Crippen LogP contribution is 2.31. The minimum atomic E-state index is -0.242. The summed E-state index contributed by atoms with van der Waals surface area (Å²) >= 11 is 0. The summed E-state index contributed by atoms with van der Waals surface area (Å²) in [5.74, 6) is 2.01. The van der Waals surface area contributed by atoms with Crippen LogP contribution in [0.15, 0.2) is 54.6 Å². The Balaban J connectivity index is 1.27. The monoisotopic (exact) mass is 393 g/mol. The van der Waals surface area contributed by atoms with E-state index in [1.807, 2.05) is 66.4 Å². The van der Waals surface area contributed by atoms with Crippen molar-refractivity contribution in [3.63, 3.8) is 0 Å². The van der Waals surface area contributed by atoms with E-state index >= 15 is 0 Å². The Morgan fingerprint density at radius 2 is 1.55 bits per heavy atom. The number of nitrogens with zero attached hydrogens (tertiary/aromatic N) is 2. The maximum atomic E-state index is 12.7. The highest BCUT2D eigenvalue weighted by molar-refractivity contribution is 5.94. The Kier molecular flexibility index (Phi) is 5.81. The SMILES string of the molecule is C[C@@H](C(=O)Nc1ccc(Oc2ccccc2)cc1)N1CCN(C(=O)C2CC2)CC1. The van der Waals surface area contributed by atoms with E-state index in [-0.39, 0.29) is 17.9 Å². The van der Waals surface area contributed by atoms with Crippen LogP contribution in [0.3, 0.4) is 0 Å². The standard InChI is InChI=1S/C23H27N3O3/c1-17(25-13-15-26(16-14-25)23(28)18-7-8-18)22(27)24-19-9-11-21(12-10-19)29-20-5-3-2-4-6-20/h2-6,9-12,17-18H,7-8,13-16H2,1H3,(H,24,27)/t17-/m0/s1. The predicted octanol–water partition coefficient (Wildman–Crippen LogP) is 3.36. The van der Waals surface area contributed by atoms with Crippen molar-refractivity contribution in [2.75, 3.05) is 31.5 Å². The molecule has 0 bridgehead atoms. The summed E-state index contributed by atoms with van der Waals surface area (Å²) in [4.78, 5) is 28.9. The molecular weight excluding hydrogens is 366 g/mol. The normalized spacial score (nSPS) is 18.2. The van der Waals surface area contributed by atoms with Gasteiger partial charge in [-0.25, -0.2) is 0 Å². The largest absolute Gasteiger partial charge is 0.457 e. The van der Waals surface area contributed by atoms with E-state index in [2.05, 4.69) is 10.2 Å². The lowest BCUT2D eigenvalue weighted by Gasteiger charge is -2.37. The minimum Gasteiger partial charge on any atom is -0.457 e. The molecule has 6 heteroatoms. The molecular formula is C23H27N3O3. The Bertz CT molecular complexity index is 841. The molecule has 4 rings (SSSR count). The second kappa shape index (κ2) is 8.66. The van der Waals surface area contributed by atoms with Crippen LogP contribution in [0.4, 0.5) is 5.69 Å². The number of benzene rings is 2. The number of amides is 2. The molecule has 1 N–H and O–H groups in total. The Morgan fingerprint density at radius 3 is 2.17 bits per heavy atom. The van der Waals surface area contributed by atoms with Crippen LogP contribution in [-0.4, -0.2) is 53.8 Å². The van der Waals surface area contributed by atoms with Gasteiger partial charge in [-0.1, -0.05) is 18.2 Å². The molecule has 2 aromatic carbocycles. The molecule has 0 radical (unpaired) electrons. The Labute approximate surface area is 171 Å². The molecule has 2 amide bonds. The molecule has 2 aliphatic rings. The zero-order valence-electron chi connectivity index (χ0n) is 16.7. The number of para-hydroxylation sites is 1. The first-order valence-electron chi connectivity index (χ1n) is 10.3. The average molecular weight is 393 g/mol. The fraction of sp³-hybridized carbons (Fsp3) is 0.391. The Hall–Kier alpha value is -2.86. The van der Waals surface area contributed by atoms with Gasteiger partial charge in [0.15, 0.2) is 0 Å². The van der Waals surface area contributed by atoms with Crippen LogP contribution in [0, 0.1) is 5.92 Å². The van der Waals surface area contributed by atoms with Crippen LogP contribution < -0.4 is 10.1 Å². The fourth-order valence-corrected chi connectivity index (χ4v) is 3.56. The van der Waals surface area contributed by atoms with E-state index in [0.29, 0.717) is 19.0 Å². The molecule has 2 aromatic rings. The van der Waals surface area contributed by atoms with Gasteiger partial charge >= 0.3 is 0 Å². The van der Waals surface area contributed by atoms with Crippen molar-refractivity contribution in [1.29, 1.82) is 0 Å². The second-order valence-electron chi connectivity index (χ2n) is 7.74. The van der Waals surface area contributed by atoms with Crippen LogP contribution in [0.2, 0.25) is 0 Å². The third-order valence-corrected chi connectivity index (χ3v) is 5.58. The predicted molar refractivity (Wildman–Crippen MR) is 112 cm³/mol. The van der Waals surface area contributed by atoms with Crippen molar-refractivity contribution in [3.8, 4) is 11.5 Å². The summed E-state index contributed by atoms with van der Waals surface area (Å²) in [6.45, 7) is 4.80. The molecule has 0 spiro atoms. The molecule has 1 heterocycles. The highest BCUT2D eigenvalue weighted by atomic mass is 16.5. The van der Waals surface area contributed by atoms with Crippen molar-refractivity contribution >= 4 is 17.5 Å². The molecule has 152 valence electrons. The van der Waals surface area contributed by atoms with Crippen molar-refractivity contribution < 1.29 is 14.3 Å². The molecule has 1 saturated heterocycles. The van der Waals surface area contributed by atoms with Gasteiger partial charge in [0.2, 0.25) is 11.8 Å². The van der Waals surface area contributed by atoms with Crippen LogP contribution in [-0.2, 0) is 9.59 Å². The van der Waals surface area contributed by atoms with E-state index < -0.39 is 0 Å². The first-order valence-corrected chi connectivity index (χ1v) is 10.3. The van der Waals surface area contributed by atoms with Gasteiger partial charge in [0, 0.05) is 37.8 Å². The van der Waals surface area contributed by atoms with Crippen molar-refractivity contribution in [3.05, 3.63) is 54.6 Å². The highest BCUT2D eigenvalue weighted by Gasteiger charge is 2.35. The summed E-state index contributed by atoms with van der Waals surface area (Å²) in [5, 5.41) is 2.98. The van der Waals surface area contributed by atoms with E-state index in [1.165, 1.54) is 0 Å². The minimum absolute atomic E-state index is 0.0382. The summed E-state index contributed by atoms with van der Waals surface area (Å²) in [6, 6.07) is 16.7. The van der Waals surface area contributed by atoms with Gasteiger partial charge in [-0.3, -0.25) is 14.5 Å². The molecule has 0 unspecified atom stereocenters. The molecule has 6 nitrogen and oxygen atoms in total. The van der Waals surface area contributed by atoms with Crippen LogP contribution in [0.1, 0.15) is 19.8 Å². The average Bonchev–Trinajstić information content (AvgIpc) is 3.60. The van der Waals surface area contributed by atoms with Gasteiger partial charge in [0.25, 0.3) is 0 Å². The first-order chi connectivity index (χ1) is 14.1. The van der Waals surface area contributed by atoms with Crippen LogP contribution >= 0.6 is 0 Å². The fourth-order valence-electron chi connectivity index (χ4n) is 3.56. The van der Waals surface area contributed by atoms with E-state index in [1.54, 1.807) is 0 Å². The summed E-state index contributed by atoms with van der Waals surface area (Å²) in [6.07, 6.45) is 2.07. The van der Waals surface area contributed by atoms with Gasteiger partial charge in [0.1, 0.15) is 11.5 Å². The molecule has 29 heavy (non-hydrogen) atoms. The van der Waals surface area contributed by atoms with Crippen LogP contribution in [0.5, 0.6) is 11.5 Å². The van der Waals surface area contributed by atoms with Gasteiger partial charge in [-0.15, -0.1) is 0 Å². The van der Waals surface area contributed by atoms with Gasteiger partial charge in [-0.2, -0.15) is 0 Å². The zero-order valence-corrected chi connectivity index (χ0v) is 16.7. The third kappa shape index (κ3) is 4.95. The summed E-state index contributed by atoms with van der Waals surface area (Å²) in [5.41, 5.74) is 0.741. The van der Waals surface area contributed by atoms with Gasteiger partial charge in [0.05, 0.1) is 6.04 Å². The number of anilines is 1. The third-order valence-electron chi connectivity index (χ3n) is 5.58. The smallest absolute Gasteiger partial charge is 0.241 e. The number of hydrogen-bond donors (Lipinski definition) is 1. The number of nitrogens with one attached hydrogen (secondary N) is 1. The zero-order chi connectivity index (χ0) is 20.2. The first kappa shape index (κ1) is 19.5. The molecule has 2 fully saturated rings. The van der Waals surface area contributed by atoms with Gasteiger partial charge < -0.3 is 15.0 Å². The second-order valence-corrected chi connectivity index (χ2v) is 7.74. The number of piperazine rings is 1. The quantitative estimate of drug-likeness (QED) is 0.818. The Morgan fingerprint density at radius 1 is 0.931 bits per heavy atom. The molecule has 1 saturated carbocycles. The van der Waals surface area contributed by atoms with Crippen molar-refractivity contribution in [2.45, 2.75) is 25.8 Å². The maximum absolute atomic E-state index is 12.7. The molecule has 1 atom stereocenters.